The zero-order chi connectivity index (χ0) is 15.7. The van der Waals surface area contributed by atoms with Crippen LogP contribution in [0, 0.1) is 0 Å². The molecule has 0 aromatic rings. The van der Waals surface area contributed by atoms with Crippen molar-refractivity contribution in [1.82, 2.24) is 10.2 Å². The second kappa shape index (κ2) is 8.67. The first-order valence-electron chi connectivity index (χ1n) is 7.72. The average Bonchev–Trinajstić information content (AvgIpc) is 2.95. The van der Waals surface area contributed by atoms with Gasteiger partial charge in [-0.25, -0.2) is 4.79 Å². The molecule has 2 aliphatic rings. The van der Waals surface area contributed by atoms with Crippen molar-refractivity contribution in [2.75, 3.05) is 26.2 Å². The van der Waals surface area contributed by atoms with E-state index in [0.29, 0.717) is 0 Å². The average molecular weight is 292 g/mol. The van der Waals surface area contributed by atoms with Crippen LogP contribution in [-0.2, 0) is 4.74 Å². The number of likely N-dealkylation sites (tertiary alicyclic amines) is 1. The molecular formula is C17H28N2O2. The van der Waals surface area contributed by atoms with Crippen molar-refractivity contribution in [1.29, 1.82) is 0 Å². The van der Waals surface area contributed by atoms with Crippen LogP contribution in [0.3, 0.4) is 0 Å². The van der Waals surface area contributed by atoms with Crippen LogP contribution < -0.4 is 5.32 Å². The molecule has 4 heteroatoms. The molecule has 0 aromatic carbocycles. The minimum atomic E-state index is -0.221. The fourth-order valence-electron chi connectivity index (χ4n) is 2.55. The number of allylic oxidation sites excluding steroid dienone is 2. The van der Waals surface area contributed by atoms with Gasteiger partial charge in [0.15, 0.2) is 0 Å². The lowest BCUT2D eigenvalue weighted by Crippen LogP contribution is -2.63. The molecule has 2 rings (SSSR count). The molecule has 2 aliphatic heterocycles. The number of hydrogen-bond donors (Lipinski definition) is 1. The fraction of sp³-hybridized carbons (Fsp3) is 0.588. The van der Waals surface area contributed by atoms with Gasteiger partial charge in [-0.2, -0.15) is 0 Å². The van der Waals surface area contributed by atoms with E-state index in [-0.39, 0.29) is 18.2 Å². The minimum Gasteiger partial charge on any atom is -0.445 e. The third-order valence-corrected chi connectivity index (χ3v) is 3.77. The summed E-state index contributed by atoms with van der Waals surface area (Å²) >= 11 is 0. The van der Waals surface area contributed by atoms with Gasteiger partial charge in [-0.05, 0) is 25.0 Å². The lowest BCUT2D eigenvalue weighted by atomic mass is 9.84. The van der Waals surface area contributed by atoms with Gasteiger partial charge in [0, 0.05) is 13.1 Å². The van der Waals surface area contributed by atoms with Gasteiger partial charge in [-0.3, -0.25) is 0 Å². The number of ether oxygens (including phenoxy) is 1. The van der Waals surface area contributed by atoms with Gasteiger partial charge >= 0.3 is 6.09 Å². The Morgan fingerprint density at radius 3 is 2.52 bits per heavy atom. The van der Waals surface area contributed by atoms with E-state index in [9.17, 15) is 4.79 Å². The maximum absolute atomic E-state index is 12.0. The van der Waals surface area contributed by atoms with E-state index in [1.54, 1.807) is 18.2 Å². The Hall–Kier alpha value is -1.55. The smallest absolute Gasteiger partial charge is 0.410 e. The van der Waals surface area contributed by atoms with Gasteiger partial charge in [0.2, 0.25) is 0 Å². The van der Waals surface area contributed by atoms with Gasteiger partial charge < -0.3 is 15.0 Å². The number of carbonyl (C=O) groups excluding carboxylic acids is 1. The van der Waals surface area contributed by atoms with Crippen molar-refractivity contribution in [3.8, 4) is 0 Å². The van der Waals surface area contributed by atoms with E-state index in [0.717, 1.165) is 38.0 Å². The first-order chi connectivity index (χ1) is 10.1. The maximum Gasteiger partial charge on any atom is 0.410 e. The molecule has 1 spiro atoms. The predicted molar refractivity (Wildman–Crippen MR) is 87.3 cm³/mol. The highest BCUT2D eigenvalue weighted by atomic mass is 16.6. The number of nitrogens with zero attached hydrogens (tertiary/aromatic N) is 1. The van der Waals surface area contributed by atoms with Crippen molar-refractivity contribution in [2.45, 2.75) is 38.6 Å². The summed E-state index contributed by atoms with van der Waals surface area (Å²) in [5.41, 5.74) is 0.880. The summed E-state index contributed by atoms with van der Waals surface area (Å²) in [6.45, 7) is 14.5. The summed E-state index contributed by atoms with van der Waals surface area (Å²) < 4.78 is 5.31. The van der Waals surface area contributed by atoms with E-state index < -0.39 is 0 Å². The Labute approximate surface area is 128 Å². The Kier molecular flexibility index (Phi) is 7.23. The van der Waals surface area contributed by atoms with E-state index in [4.69, 9.17) is 4.74 Å². The number of hydrogen-bond acceptors (Lipinski definition) is 3. The van der Waals surface area contributed by atoms with Crippen LogP contribution in [0.5, 0.6) is 0 Å². The molecule has 4 nitrogen and oxygen atoms in total. The summed E-state index contributed by atoms with van der Waals surface area (Å²) in [5.74, 6) is 0. The first-order valence-corrected chi connectivity index (χ1v) is 7.72. The van der Waals surface area contributed by atoms with Crippen LogP contribution >= 0.6 is 0 Å². The minimum absolute atomic E-state index is 0.0214. The lowest BCUT2D eigenvalue weighted by molar-refractivity contribution is 0.0000123. The Bertz CT molecular complexity index is 396. The Morgan fingerprint density at radius 2 is 2.10 bits per heavy atom. The molecule has 21 heavy (non-hydrogen) atoms. The highest BCUT2D eigenvalue weighted by molar-refractivity contribution is 5.70. The number of amides is 1. The van der Waals surface area contributed by atoms with Gasteiger partial charge in [0.05, 0.1) is 5.54 Å². The lowest BCUT2D eigenvalue weighted by Gasteiger charge is -2.49. The van der Waals surface area contributed by atoms with Crippen molar-refractivity contribution in [3.05, 3.63) is 37.0 Å². The van der Waals surface area contributed by atoms with E-state index in [1.807, 2.05) is 4.90 Å². The van der Waals surface area contributed by atoms with Crippen LogP contribution in [-0.4, -0.2) is 42.8 Å². The molecular weight excluding hydrogens is 264 g/mol. The van der Waals surface area contributed by atoms with E-state index in [1.165, 1.54) is 6.42 Å². The van der Waals surface area contributed by atoms with Crippen molar-refractivity contribution in [2.24, 2.45) is 0 Å². The zero-order valence-corrected chi connectivity index (χ0v) is 13.4. The first kappa shape index (κ1) is 17.5. The molecule has 2 heterocycles. The molecule has 1 atom stereocenters. The Morgan fingerprint density at radius 1 is 1.38 bits per heavy atom. The largest absolute Gasteiger partial charge is 0.445 e. The topological polar surface area (TPSA) is 41.6 Å². The van der Waals surface area contributed by atoms with E-state index >= 15 is 0 Å². The van der Waals surface area contributed by atoms with Gasteiger partial charge in [0.25, 0.3) is 0 Å². The molecule has 0 radical (unpaired) electrons. The number of rotatable bonds is 4. The summed E-state index contributed by atoms with van der Waals surface area (Å²) in [5, 5.41) is 3.31. The second-order valence-electron chi connectivity index (χ2n) is 5.50. The van der Waals surface area contributed by atoms with Gasteiger partial charge in [-0.15, -0.1) is 0 Å². The SMILES string of the molecule is C=C/C=C(\C=C)COC(=O)N1CC[C@@]12CCNC2.CCC. The van der Waals surface area contributed by atoms with Crippen LogP contribution in [0.1, 0.15) is 33.1 Å². The third-order valence-electron chi connectivity index (χ3n) is 3.77. The molecule has 1 N–H and O–H groups in total. The second-order valence-corrected chi connectivity index (χ2v) is 5.50. The van der Waals surface area contributed by atoms with Crippen LogP contribution in [0.25, 0.3) is 0 Å². The van der Waals surface area contributed by atoms with Gasteiger partial charge in [-0.1, -0.05) is 51.7 Å². The molecule has 118 valence electrons. The van der Waals surface area contributed by atoms with Crippen molar-refractivity contribution < 1.29 is 9.53 Å². The standard InChI is InChI=1S/C14H20N2O2.C3H8/c1-3-5-12(4-2)10-18-13(17)16-9-7-14(16)6-8-15-11-14;1-3-2/h3-5,15H,1-2,6-11H2;3H2,1-2H3/b12-5+;/t14-;/m1./s1. The van der Waals surface area contributed by atoms with Crippen LogP contribution in [0.2, 0.25) is 0 Å². The monoisotopic (exact) mass is 292 g/mol. The van der Waals surface area contributed by atoms with Crippen molar-refractivity contribution >= 4 is 6.09 Å². The number of carbonyl (C=O) groups is 1. The maximum atomic E-state index is 12.0. The van der Waals surface area contributed by atoms with Crippen LogP contribution in [0.15, 0.2) is 37.0 Å². The third kappa shape index (κ3) is 4.46. The summed E-state index contributed by atoms with van der Waals surface area (Å²) in [6.07, 6.45) is 8.27. The molecule has 1 amide bonds. The summed E-state index contributed by atoms with van der Waals surface area (Å²) in [6, 6.07) is 0. The molecule has 0 bridgehead atoms. The summed E-state index contributed by atoms with van der Waals surface area (Å²) in [4.78, 5) is 13.8. The fourth-order valence-corrected chi connectivity index (χ4v) is 2.55. The van der Waals surface area contributed by atoms with Crippen LogP contribution in [0.4, 0.5) is 4.79 Å². The normalized spacial score (nSPS) is 23.9. The predicted octanol–water partition coefficient (Wildman–Crippen LogP) is 3.28. The Balaban J connectivity index is 0.000000677. The highest BCUT2D eigenvalue weighted by Gasteiger charge is 2.49. The zero-order valence-electron chi connectivity index (χ0n) is 13.4. The molecule has 2 saturated heterocycles. The quantitative estimate of drug-likeness (QED) is 0.809. The van der Waals surface area contributed by atoms with Crippen molar-refractivity contribution in [3.63, 3.8) is 0 Å². The highest BCUT2D eigenvalue weighted by Crippen LogP contribution is 2.36. The van der Waals surface area contributed by atoms with Gasteiger partial charge in [0.1, 0.15) is 6.61 Å². The number of nitrogens with one attached hydrogen (secondary N) is 1. The molecule has 0 aromatic heterocycles. The molecule has 0 unspecified atom stereocenters. The molecule has 0 aliphatic carbocycles. The molecule has 0 saturated carbocycles. The molecule has 2 fully saturated rings. The summed E-state index contributed by atoms with van der Waals surface area (Å²) in [7, 11) is 0. The van der Waals surface area contributed by atoms with E-state index in [2.05, 4.69) is 32.3 Å².